The van der Waals surface area contributed by atoms with Crippen molar-refractivity contribution in [3.05, 3.63) is 59.7 Å². The average Bonchev–Trinajstić information content (AvgIpc) is 2.38. The Morgan fingerprint density at radius 1 is 1.00 bits per heavy atom. The number of carbonyl (C=O) groups is 1. The summed E-state index contributed by atoms with van der Waals surface area (Å²) in [4.78, 5) is 11.4. The van der Waals surface area contributed by atoms with Crippen molar-refractivity contribution in [1.29, 1.82) is 0 Å². The molecule has 0 heterocycles. The number of carbonyl (C=O) groups excluding carboxylic acids is 1. The highest BCUT2D eigenvalue weighted by Gasteiger charge is 2.11. The molecule has 86 valence electrons. The molecule has 17 heavy (non-hydrogen) atoms. The van der Waals surface area contributed by atoms with E-state index < -0.39 is 5.91 Å². The van der Waals surface area contributed by atoms with Gasteiger partial charge >= 0.3 is 0 Å². The molecule has 0 saturated carbocycles. The van der Waals surface area contributed by atoms with Crippen LogP contribution >= 0.6 is 0 Å². The predicted molar refractivity (Wildman–Crippen MR) is 66.3 cm³/mol. The number of benzene rings is 2. The van der Waals surface area contributed by atoms with Crippen molar-refractivity contribution in [3.63, 3.8) is 0 Å². The van der Waals surface area contributed by atoms with Gasteiger partial charge in [0.25, 0.3) is 0 Å². The third-order valence-corrected chi connectivity index (χ3v) is 2.67. The molecular weight excluding hydrogens is 214 g/mol. The Kier molecular flexibility index (Phi) is 3.21. The fourth-order valence-electron chi connectivity index (χ4n) is 1.85. The van der Waals surface area contributed by atoms with E-state index in [4.69, 9.17) is 5.73 Å². The van der Waals surface area contributed by atoms with E-state index in [1.165, 1.54) is 0 Å². The zero-order valence-electron chi connectivity index (χ0n) is 9.26. The van der Waals surface area contributed by atoms with Crippen LogP contribution in [-0.4, -0.2) is 11.0 Å². The Hall–Kier alpha value is -2.13. The molecule has 1 amide bonds. The summed E-state index contributed by atoms with van der Waals surface area (Å²) in [5.74, 6) is -0.464. The van der Waals surface area contributed by atoms with Crippen LogP contribution in [0.25, 0.3) is 11.1 Å². The van der Waals surface area contributed by atoms with Crippen LogP contribution in [0.3, 0.4) is 0 Å². The second kappa shape index (κ2) is 4.80. The van der Waals surface area contributed by atoms with Gasteiger partial charge in [-0.1, -0.05) is 42.5 Å². The number of hydrogen-bond acceptors (Lipinski definition) is 2. The van der Waals surface area contributed by atoms with Crippen molar-refractivity contribution in [3.8, 4) is 11.1 Å². The van der Waals surface area contributed by atoms with E-state index in [9.17, 15) is 9.90 Å². The maximum absolute atomic E-state index is 11.4. The molecule has 0 aliphatic heterocycles. The summed E-state index contributed by atoms with van der Waals surface area (Å²) < 4.78 is 0. The second-order valence-electron chi connectivity index (χ2n) is 3.73. The van der Waals surface area contributed by atoms with E-state index >= 15 is 0 Å². The molecule has 0 fully saturated rings. The van der Waals surface area contributed by atoms with E-state index in [2.05, 4.69) is 0 Å². The van der Waals surface area contributed by atoms with Gasteiger partial charge in [-0.2, -0.15) is 0 Å². The molecule has 0 aromatic heterocycles. The maximum Gasteiger partial charge on any atom is 0.249 e. The molecule has 0 unspecified atom stereocenters. The van der Waals surface area contributed by atoms with Gasteiger partial charge in [-0.3, -0.25) is 4.79 Å². The van der Waals surface area contributed by atoms with E-state index in [-0.39, 0.29) is 6.61 Å². The maximum atomic E-state index is 11.4. The van der Waals surface area contributed by atoms with Crippen molar-refractivity contribution in [2.45, 2.75) is 6.61 Å². The number of aliphatic hydroxyl groups excluding tert-OH is 1. The first kappa shape index (κ1) is 11.4. The Morgan fingerprint density at radius 3 is 2.24 bits per heavy atom. The lowest BCUT2D eigenvalue weighted by atomic mass is 9.95. The van der Waals surface area contributed by atoms with Crippen molar-refractivity contribution < 1.29 is 9.90 Å². The number of aliphatic hydroxyl groups is 1. The molecule has 2 aromatic carbocycles. The number of hydrogen-bond donors (Lipinski definition) is 2. The highest BCUT2D eigenvalue weighted by Crippen LogP contribution is 2.26. The first-order valence-corrected chi connectivity index (χ1v) is 5.32. The molecule has 2 rings (SSSR count). The number of primary amides is 1. The van der Waals surface area contributed by atoms with Gasteiger partial charge in [0.2, 0.25) is 5.91 Å². The molecule has 3 N–H and O–H groups in total. The molecule has 0 spiro atoms. The summed E-state index contributed by atoms with van der Waals surface area (Å²) in [5, 5.41) is 9.29. The van der Waals surface area contributed by atoms with Crippen molar-refractivity contribution in [1.82, 2.24) is 0 Å². The molecule has 2 aromatic rings. The molecule has 0 bridgehead atoms. The van der Waals surface area contributed by atoms with Gasteiger partial charge in [-0.25, -0.2) is 0 Å². The van der Waals surface area contributed by atoms with Crippen LogP contribution < -0.4 is 5.73 Å². The zero-order chi connectivity index (χ0) is 12.3. The standard InChI is InChI=1S/C14H13NO2/c15-14(17)13-8-4-3-7-12(13)11-6-2-1-5-10(11)9-16/h1-8,16H,9H2,(H2,15,17). The highest BCUT2D eigenvalue weighted by molar-refractivity contribution is 6.00. The first-order chi connectivity index (χ1) is 8.24. The van der Waals surface area contributed by atoms with Crippen LogP contribution in [0.4, 0.5) is 0 Å². The molecule has 3 nitrogen and oxygen atoms in total. The Morgan fingerprint density at radius 2 is 1.59 bits per heavy atom. The SMILES string of the molecule is NC(=O)c1ccccc1-c1ccccc1CO. The van der Waals surface area contributed by atoms with Gasteiger partial charge in [0.1, 0.15) is 0 Å². The van der Waals surface area contributed by atoms with E-state index in [0.717, 1.165) is 16.7 Å². The van der Waals surface area contributed by atoms with Gasteiger partial charge in [-0.15, -0.1) is 0 Å². The zero-order valence-corrected chi connectivity index (χ0v) is 9.26. The van der Waals surface area contributed by atoms with Crippen LogP contribution in [-0.2, 0) is 6.61 Å². The molecule has 3 heteroatoms. The number of rotatable bonds is 3. The van der Waals surface area contributed by atoms with Gasteiger partial charge in [0, 0.05) is 5.56 Å². The molecular formula is C14H13NO2. The Labute approximate surface area is 99.5 Å². The topological polar surface area (TPSA) is 63.3 Å². The fourth-order valence-corrected chi connectivity index (χ4v) is 1.85. The summed E-state index contributed by atoms with van der Waals surface area (Å²) in [6.07, 6.45) is 0. The lowest BCUT2D eigenvalue weighted by molar-refractivity contribution is 0.100. The minimum Gasteiger partial charge on any atom is -0.392 e. The third-order valence-electron chi connectivity index (χ3n) is 2.67. The summed E-state index contributed by atoms with van der Waals surface area (Å²) >= 11 is 0. The van der Waals surface area contributed by atoms with Crippen LogP contribution in [0.1, 0.15) is 15.9 Å². The number of nitrogens with two attached hydrogens (primary N) is 1. The summed E-state index contributed by atoms with van der Waals surface area (Å²) in [5.41, 5.74) is 8.18. The smallest absolute Gasteiger partial charge is 0.249 e. The molecule has 0 aliphatic carbocycles. The van der Waals surface area contributed by atoms with Crippen molar-refractivity contribution in [2.24, 2.45) is 5.73 Å². The summed E-state index contributed by atoms with van der Waals surface area (Å²) in [6, 6.07) is 14.5. The van der Waals surface area contributed by atoms with Gasteiger partial charge in [0.15, 0.2) is 0 Å². The van der Waals surface area contributed by atoms with Gasteiger partial charge < -0.3 is 10.8 Å². The second-order valence-corrected chi connectivity index (χ2v) is 3.73. The van der Waals surface area contributed by atoms with E-state index in [0.29, 0.717) is 5.56 Å². The fraction of sp³-hybridized carbons (Fsp3) is 0.0714. The van der Waals surface area contributed by atoms with Crippen LogP contribution in [0, 0.1) is 0 Å². The van der Waals surface area contributed by atoms with E-state index in [1.54, 1.807) is 12.1 Å². The molecule has 0 atom stereocenters. The van der Waals surface area contributed by atoms with Crippen LogP contribution in [0.5, 0.6) is 0 Å². The van der Waals surface area contributed by atoms with Crippen molar-refractivity contribution in [2.75, 3.05) is 0 Å². The predicted octanol–water partition coefficient (Wildman–Crippen LogP) is 1.94. The van der Waals surface area contributed by atoms with Crippen LogP contribution in [0.2, 0.25) is 0 Å². The Balaban J connectivity index is 2.64. The number of amides is 1. The molecule has 0 aliphatic rings. The van der Waals surface area contributed by atoms with Gasteiger partial charge in [-0.05, 0) is 22.8 Å². The highest BCUT2D eigenvalue weighted by atomic mass is 16.3. The monoisotopic (exact) mass is 227 g/mol. The van der Waals surface area contributed by atoms with Gasteiger partial charge in [0.05, 0.1) is 6.61 Å². The Bertz CT molecular complexity index is 549. The largest absolute Gasteiger partial charge is 0.392 e. The van der Waals surface area contributed by atoms with Crippen molar-refractivity contribution >= 4 is 5.91 Å². The first-order valence-electron chi connectivity index (χ1n) is 5.32. The summed E-state index contributed by atoms with van der Waals surface area (Å²) in [6.45, 7) is -0.0662. The van der Waals surface area contributed by atoms with E-state index in [1.807, 2.05) is 36.4 Å². The van der Waals surface area contributed by atoms with Crippen LogP contribution in [0.15, 0.2) is 48.5 Å². The lowest BCUT2D eigenvalue weighted by Crippen LogP contribution is -2.12. The quantitative estimate of drug-likeness (QED) is 0.841. The lowest BCUT2D eigenvalue weighted by Gasteiger charge is -2.10. The minimum atomic E-state index is -0.464. The molecule has 0 saturated heterocycles. The third kappa shape index (κ3) is 2.19. The normalized spacial score (nSPS) is 10.2. The average molecular weight is 227 g/mol. The summed E-state index contributed by atoms with van der Waals surface area (Å²) in [7, 11) is 0. The molecule has 0 radical (unpaired) electrons. The minimum absolute atomic E-state index is 0.0662.